The van der Waals surface area contributed by atoms with E-state index in [0.717, 1.165) is 11.4 Å². The first-order chi connectivity index (χ1) is 6.77. The first kappa shape index (κ1) is 11.8. The van der Waals surface area contributed by atoms with Crippen LogP contribution in [0.3, 0.4) is 0 Å². The van der Waals surface area contributed by atoms with Crippen LogP contribution in [-0.4, -0.2) is 15.2 Å². The van der Waals surface area contributed by atoms with Crippen molar-refractivity contribution in [3.8, 4) is 11.4 Å². The Morgan fingerprint density at radius 2 is 1.93 bits per heavy atom. The van der Waals surface area contributed by atoms with Gasteiger partial charge in [0, 0.05) is 23.5 Å². The second kappa shape index (κ2) is 4.96. The van der Waals surface area contributed by atoms with Crippen LogP contribution in [0.5, 0.6) is 0 Å². The molecule has 5 heteroatoms. The molecule has 1 aromatic carbocycles. The van der Waals surface area contributed by atoms with E-state index in [1.54, 1.807) is 36.7 Å². The molecule has 2 rings (SSSR count). The molecule has 0 saturated heterocycles. The quantitative estimate of drug-likeness (QED) is 0.824. The van der Waals surface area contributed by atoms with Crippen LogP contribution in [0.2, 0.25) is 0 Å². The molecule has 0 radical (unpaired) electrons. The Hall–Kier alpha value is -1.32. The van der Waals surface area contributed by atoms with Gasteiger partial charge in [0.1, 0.15) is 5.82 Å². The predicted molar refractivity (Wildman–Crippen MR) is 61.5 cm³/mol. The summed E-state index contributed by atoms with van der Waals surface area (Å²) in [4.78, 5) is 17.8. The van der Waals surface area contributed by atoms with Gasteiger partial charge in [0.05, 0.1) is 0 Å². The van der Waals surface area contributed by atoms with Crippen molar-refractivity contribution >= 4 is 29.3 Å². The Morgan fingerprint density at radius 3 is 2.40 bits per heavy atom. The van der Waals surface area contributed by atoms with Crippen LogP contribution in [0.4, 0.5) is 0 Å². The van der Waals surface area contributed by atoms with Crippen LogP contribution < -0.4 is 0 Å². The molecule has 0 unspecified atom stereocenters. The molecule has 2 aromatic rings. The van der Waals surface area contributed by atoms with Gasteiger partial charge in [0.15, 0.2) is 0 Å². The third-order valence-electron chi connectivity index (χ3n) is 1.88. The molecule has 0 fully saturated rings. The number of rotatable bonds is 2. The van der Waals surface area contributed by atoms with E-state index >= 15 is 0 Å². The second-order valence-electron chi connectivity index (χ2n) is 2.79. The number of H-pyrrole nitrogens is 1. The van der Waals surface area contributed by atoms with Crippen LogP contribution in [-0.2, 0) is 0 Å². The zero-order chi connectivity index (χ0) is 9.97. The van der Waals surface area contributed by atoms with E-state index in [1.807, 2.05) is 0 Å². The topological polar surface area (TPSA) is 45.8 Å². The van der Waals surface area contributed by atoms with E-state index in [9.17, 15) is 4.79 Å². The van der Waals surface area contributed by atoms with Crippen molar-refractivity contribution in [1.29, 1.82) is 0 Å². The molecular weight excluding hydrogens is 235 g/mol. The molecule has 78 valence electrons. The van der Waals surface area contributed by atoms with Gasteiger partial charge in [-0.25, -0.2) is 4.98 Å². The minimum absolute atomic E-state index is 0. The largest absolute Gasteiger partial charge is 0.345 e. The lowest BCUT2D eigenvalue weighted by atomic mass is 10.1. The maximum absolute atomic E-state index is 10.8. The molecule has 0 aliphatic carbocycles. The van der Waals surface area contributed by atoms with Crippen molar-refractivity contribution in [2.75, 3.05) is 0 Å². The lowest BCUT2D eigenvalue weighted by Crippen LogP contribution is -1.88. The second-order valence-corrected chi connectivity index (χ2v) is 3.13. The van der Waals surface area contributed by atoms with E-state index in [2.05, 4.69) is 9.97 Å². The zero-order valence-corrected chi connectivity index (χ0v) is 9.18. The standard InChI is InChI=1S/C10H7ClN2O.ClH/c11-9(14)7-1-3-8(4-2-7)10-12-5-6-13-10;/h1-6H,(H,12,13);1H. The van der Waals surface area contributed by atoms with Gasteiger partial charge in [-0.2, -0.15) is 0 Å². The summed E-state index contributed by atoms with van der Waals surface area (Å²) in [6.07, 6.45) is 3.42. The van der Waals surface area contributed by atoms with Gasteiger partial charge in [0.25, 0.3) is 5.24 Å². The van der Waals surface area contributed by atoms with E-state index < -0.39 is 5.24 Å². The number of benzene rings is 1. The van der Waals surface area contributed by atoms with Gasteiger partial charge in [-0.05, 0) is 23.7 Å². The van der Waals surface area contributed by atoms with Crippen molar-refractivity contribution in [3.63, 3.8) is 0 Å². The van der Waals surface area contributed by atoms with Crippen molar-refractivity contribution < 1.29 is 4.79 Å². The average molecular weight is 243 g/mol. The van der Waals surface area contributed by atoms with E-state index in [-0.39, 0.29) is 12.4 Å². The number of halogens is 2. The fourth-order valence-electron chi connectivity index (χ4n) is 1.18. The summed E-state index contributed by atoms with van der Waals surface area (Å²) in [5.41, 5.74) is 1.42. The summed E-state index contributed by atoms with van der Waals surface area (Å²) >= 11 is 5.32. The molecule has 3 nitrogen and oxygen atoms in total. The van der Waals surface area contributed by atoms with E-state index in [4.69, 9.17) is 11.6 Å². The normalized spacial score (nSPS) is 9.40. The minimum Gasteiger partial charge on any atom is -0.345 e. The van der Waals surface area contributed by atoms with Gasteiger partial charge < -0.3 is 4.98 Å². The Kier molecular flexibility index (Phi) is 3.88. The average Bonchev–Trinajstić information content (AvgIpc) is 2.71. The number of aromatic amines is 1. The summed E-state index contributed by atoms with van der Waals surface area (Å²) in [6, 6.07) is 6.95. The first-order valence-electron chi connectivity index (χ1n) is 4.07. The number of hydrogen-bond donors (Lipinski definition) is 1. The Labute approximate surface area is 97.9 Å². The molecule has 0 aliphatic rings. The van der Waals surface area contributed by atoms with Gasteiger partial charge in [-0.15, -0.1) is 12.4 Å². The highest BCUT2D eigenvalue weighted by Crippen LogP contribution is 2.15. The smallest absolute Gasteiger partial charge is 0.252 e. The minimum atomic E-state index is -0.448. The third-order valence-corrected chi connectivity index (χ3v) is 2.10. The number of nitrogens with zero attached hydrogens (tertiary/aromatic N) is 1. The third kappa shape index (κ3) is 2.58. The van der Waals surface area contributed by atoms with Crippen molar-refractivity contribution in [1.82, 2.24) is 9.97 Å². The SMILES string of the molecule is Cl.O=C(Cl)c1ccc(-c2ncc[nH]2)cc1. The maximum Gasteiger partial charge on any atom is 0.252 e. The molecule has 0 amide bonds. The Balaban J connectivity index is 0.00000112. The van der Waals surface area contributed by atoms with Crippen molar-refractivity contribution in [3.05, 3.63) is 42.2 Å². The molecule has 15 heavy (non-hydrogen) atoms. The highest BCUT2D eigenvalue weighted by atomic mass is 35.5. The number of aromatic nitrogens is 2. The van der Waals surface area contributed by atoms with Crippen LogP contribution in [0.25, 0.3) is 11.4 Å². The van der Waals surface area contributed by atoms with Crippen molar-refractivity contribution in [2.24, 2.45) is 0 Å². The number of imidazole rings is 1. The lowest BCUT2D eigenvalue weighted by molar-refractivity contribution is 0.108. The van der Waals surface area contributed by atoms with Crippen LogP contribution in [0.15, 0.2) is 36.7 Å². The van der Waals surface area contributed by atoms with Gasteiger partial charge in [0.2, 0.25) is 0 Å². The van der Waals surface area contributed by atoms with Gasteiger partial charge >= 0.3 is 0 Å². The first-order valence-corrected chi connectivity index (χ1v) is 4.45. The number of hydrogen-bond acceptors (Lipinski definition) is 2. The van der Waals surface area contributed by atoms with E-state index in [1.165, 1.54) is 0 Å². The number of carbonyl (C=O) groups is 1. The lowest BCUT2D eigenvalue weighted by Gasteiger charge is -1.97. The Bertz CT molecular complexity index is 437. The molecule has 0 atom stereocenters. The number of carbonyl (C=O) groups excluding carboxylic acids is 1. The zero-order valence-electron chi connectivity index (χ0n) is 7.61. The van der Waals surface area contributed by atoms with Crippen LogP contribution in [0.1, 0.15) is 10.4 Å². The van der Waals surface area contributed by atoms with E-state index in [0.29, 0.717) is 5.56 Å². The molecular formula is C10H8Cl2N2O. The number of nitrogens with one attached hydrogen (secondary N) is 1. The van der Waals surface area contributed by atoms with Crippen molar-refractivity contribution in [2.45, 2.75) is 0 Å². The fourth-order valence-corrected chi connectivity index (χ4v) is 1.31. The fraction of sp³-hybridized carbons (Fsp3) is 0. The molecule has 0 aliphatic heterocycles. The van der Waals surface area contributed by atoms with Gasteiger partial charge in [-0.1, -0.05) is 12.1 Å². The molecule has 0 spiro atoms. The molecule has 1 aromatic heterocycles. The molecule has 1 N–H and O–H groups in total. The Morgan fingerprint density at radius 1 is 1.27 bits per heavy atom. The highest BCUT2D eigenvalue weighted by Gasteiger charge is 2.02. The summed E-state index contributed by atoms with van der Waals surface area (Å²) < 4.78 is 0. The van der Waals surface area contributed by atoms with Gasteiger partial charge in [-0.3, -0.25) is 4.79 Å². The summed E-state index contributed by atoms with van der Waals surface area (Å²) in [5.74, 6) is 0.776. The summed E-state index contributed by atoms with van der Waals surface area (Å²) in [5, 5.41) is -0.448. The highest BCUT2D eigenvalue weighted by molar-refractivity contribution is 6.67. The summed E-state index contributed by atoms with van der Waals surface area (Å²) in [6.45, 7) is 0. The molecule has 0 saturated carbocycles. The van der Waals surface area contributed by atoms with Crippen LogP contribution >= 0.6 is 24.0 Å². The molecule has 0 bridgehead atoms. The molecule has 1 heterocycles. The predicted octanol–water partition coefficient (Wildman–Crippen LogP) is 2.88. The van der Waals surface area contributed by atoms with Crippen LogP contribution in [0, 0.1) is 0 Å². The monoisotopic (exact) mass is 242 g/mol. The maximum atomic E-state index is 10.8. The summed E-state index contributed by atoms with van der Waals surface area (Å²) in [7, 11) is 0.